The van der Waals surface area contributed by atoms with E-state index < -0.39 is 11.8 Å². The second-order valence-electron chi connectivity index (χ2n) is 3.37. The number of aromatic carboxylic acids is 1. The molecule has 0 aliphatic rings. The highest BCUT2D eigenvalue weighted by Gasteiger charge is 2.18. The maximum Gasteiger partial charge on any atom is 0.371 e. The van der Waals surface area contributed by atoms with E-state index in [0.717, 1.165) is 0 Å². The van der Waals surface area contributed by atoms with Crippen molar-refractivity contribution in [3.05, 3.63) is 29.3 Å². The molecule has 0 aliphatic heterocycles. The molecule has 1 heterocycles. The third-order valence-electron chi connectivity index (χ3n) is 2.34. The van der Waals surface area contributed by atoms with Gasteiger partial charge in [0.2, 0.25) is 5.76 Å². The van der Waals surface area contributed by atoms with Crippen LogP contribution in [0.4, 0.5) is 4.39 Å². The highest BCUT2D eigenvalue weighted by atomic mass is 19.1. The zero-order chi connectivity index (χ0) is 11.9. The third kappa shape index (κ3) is 1.41. The second-order valence-corrected chi connectivity index (χ2v) is 3.37. The number of carbonyl (C=O) groups is 1. The van der Waals surface area contributed by atoms with E-state index in [0.29, 0.717) is 10.9 Å². The minimum Gasteiger partial charge on any atom is -0.490 e. The van der Waals surface area contributed by atoms with Crippen molar-refractivity contribution in [2.75, 3.05) is 7.11 Å². The van der Waals surface area contributed by atoms with Crippen molar-refractivity contribution in [1.29, 1.82) is 0 Å². The Morgan fingerprint density at radius 3 is 2.75 bits per heavy atom. The van der Waals surface area contributed by atoms with Gasteiger partial charge in [0.25, 0.3) is 0 Å². The third-order valence-corrected chi connectivity index (χ3v) is 2.34. The summed E-state index contributed by atoms with van der Waals surface area (Å²) in [6, 6.07) is 2.64. The van der Waals surface area contributed by atoms with Crippen LogP contribution in [0.2, 0.25) is 0 Å². The number of furan rings is 1. The molecule has 2 aromatic rings. The number of fused-ring (bicyclic) bond motifs is 1. The lowest BCUT2D eigenvalue weighted by Crippen LogP contribution is -1.91. The Labute approximate surface area is 90.2 Å². The van der Waals surface area contributed by atoms with Crippen LogP contribution in [0.25, 0.3) is 11.0 Å². The monoisotopic (exact) mass is 224 g/mol. The summed E-state index contributed by atoms with van der Waals surface area (Å²) in [7, 11) is 1.30. The molecule has 84 valence electrons. The van der Waals surface area contributed by atoms with Gasteiger partial charge >= 0.3 is 5.97 Å². The van der Waals surface area contributed by atoms with Gasteiger partial charge in [-0.2, -0.15) is 0 Å². The van der Waals surface area contributed by atoms with Crippen LogP contribution in [0.15, 0.2) is 16.5 Å². The minimum absolute atomic E-state index is 0.0758. The van der Waals surface area contributed by atoms with Crippen LogP contribution < -0.4 is 4.74 Å². The lowest BCUT2D eigenvalue weighted by atomic mass is 10.1. The number of carboxylic acid groups (broad SMARTS) is 1. The van der Waals surface area contributed by atoms with E-state index >= 15 is 0 Å². The van der Waals surface area contributed by atoms with Crippen LogP contribution in [0.3, 0.4) is 0 Å². The van der Waals surface area contributed by atoms with Gasteiger partial charge in [-0.3, -0.25) is 0 Å². The van der Waals surface area contributed by atoms with E-state index in [1.807, 2.05) is 0 Å². The molecule has 0 unspecified atom stereocenters. The summed E-state index contributed by atoms with van der Waals surface area (Å²) in [5, 5.41) is 9.32. The Bertz CT molecular complexity index is 571. The molecule has 16 heavy (non-hydrogen) atoms. The summed E-state index contributed by atoms with van der Waals surface area (Å²) < 4.78 is 23.4. The Balaban J connectivity index is 2.83. The van der Waals surface area contributed by atoms with Crippen LogP contribution in [0, 0.1) is 12.7 Å². The molecule has 0 spiro atoms. The van der Waals surface area contributed by atoms with Crippen LogP contribution in [0.1, 0.15) is 16.1 Å². The molecule has 0 saturated carbocycles. The lowest BCUT2D eigenvalue weighted by Gasteiger charge is -2.03. The Morgan fingerprint density at radius 1 is 1.50 bits per heavy atom. The fourth-order valence-corrected chi connectivity index (χ4v) is 1.59. The minimum atomic E-state index is -1.20. The van der Waals surface area contributed by atoms with Crippen molar-refractivity contribution >= 4 is 16.9 Å². The molecule has 0 bridgehead atoms. The summed E-state index contributed by atoms with van der Waals surface area (Å²) in [4.78, 5) is 10.7. The van der Waals surface area contributed by atoms with Gasteiger partial charge in [0.05, 0.1) is 7.11 Å². The van der Waals surface area contributed by atoms with E-state index in [1.165, 1.54) is 19.2 Å². The second kappa shape index (κ2) is 3.52. The van der Waals surface area contributed by atoms with Gasteiger partial charge in [-0.1, -0.05) is 0 Å². The average molecular weight is 224 g/mol. The predicted molar refractivity (Wildman–Crippen MR) is 54.4 cm³/mol. The Morgan fingerprint density at radius 2 is 2.19 bits per heavy atom. The highest BCUT2D eigenvalue weighted by Crippen LogP contribution is 2.33. The first-order valence-corrected chi connectivity index (χ1v) is 4.54. The molecule has 0 radical (unpaired) electrons. The highest BCUT2D eigenvalue weighted by molar-refractivity contribution is 5.94. The van der Waals surface area contributed by atoms with Crippen molar-refractivity contribution in [2.24, 2.45) is 0 Å². The van der Waals surface area contributed by atoms with Gasteiger partial charge in [-0.25, -0.2) is 9.18 Å². The Kier molecular flexibility index (Phi) is 2.30. The molecule has 4 nitrogen and oxygen atoms in total. The number of hydrogen-bond donors (Lipinski definition) is 1. The number of halogens is 1. The van der Waals surface area contributed by atoms with Gasteiger partial charge < -0.3 is 14.3 Å². The van der Waals surface area contributed by atoms with Gasteiger partial charge in [-0.15, -0.1) is 0 Å². The van der Waals surface area contributed by atoms with Crippen LogP contribution in [0.5, 0.6) is 5.75 Å². The fourth-order valence-electron chi connectivity index (χ4n) is 1.59. The number of carboxylic acids is 1. The van der Waals surface area contributed by atoms with Crippen LogP contribution >= 0.6 is 0 Å². The summed E-state index contributed by atoms with van der Waals surface area (Å²) in [6.07, 6.45) is 0. The SMILES string of the molecule is COc1c(F)cc(C)c2cc(C(=O)O)oc12. The standard InChI is InChI=1S/C11H9FO4/c1-5-3-7(12)10(15-2)9-6(5)4-8(16-9)11(13)14/h3-4H,1-2H3,(H,13,14). The number of ether oxygens (including phenoxy) is 1. The fraction of sp³-hybridized carbons (Fsp3) is 0.182. The molecule has 1 N–H and O–H groups in total. The van der Waals surface area contributed by atoms with E-state index in [2.05, 4.69) is 0 Å². The molecule has 5 heteroatoms. The molecule has 2 rings (SSSR count). The number of rotatable bonds is 2. The average Bonchev–Trinajstić information content (AvgIpc) is 2.63. The van der Waals surface area contributed by atoms with Crippen molar-refractivity contribution in [3.8, 4) is 5.75 Å². The normalized spacial score (nSPS) is 10.7. The maximum absolute atomic E-state index is 13.5. The van der Waals surface area contributed by atoms with Crippen molar-refractivity contribution in [1.82, 2.24) is 0 Å². The summed E-state index contributed by atoms with van der Waals surface area (Å²) >= 11 is 0. The summed E-state index contributed by atoms with van der Waals surface area (Å²) in [5.74, 6) is -2.08. The molecule has 0 aliphatic carbocycles. The molecule has 1 aromatic heterocycles. The lowest BCUT2D eigenvalue weighted by molar-refractivity contribution is 0.0665. The van der Waals surface area contributed by atoms with Crippen LogP contribution in [-0.4, -0.2) is 18.2 Å². The van der Waals surface area contributed by atoms with Crippen molar-refractivity contribution in [2.45, 2.75) is 6.92 Å². The Hall–Kier alpha value is -2.04. The van der Waals surface area contributed by atoms with Crippen molar-refractivity contribution < 1.29 is 23.4 Å². The zero-order valence-corrected chi connectivity index (χ0v) is 8.70. The van der Waals surface area contributed by atoms with Crippen LogP contribution in [-0.2, 0) is 0 Å². The topological polar surface area (TPSA) is 59.7 Å². The molecule has 0 fully saturated rings. The molecule has 1 aromatic carbocycles. The first-order valence-electron chi connectivity index (χ1n) is 4.54. The van der Waals surface area contributed by atoms with Gasteiger partial charge in [0.1, 0.15) is 0 Å². The molecule has 0 saturated heterocycles. The number of aryl methyl sites for hydroxylation is 1. The number of hydrogen-bond acceptors (Lipinski definition) is 3. The summed E-state index contributed by atoms with van der Waals surface area (Å²) in [5.41, 5.74) is 0.724. The molecular weight excluding hydrogens is 215 g/mol. The quantitative estimate of drug-likeness (QED) is 0.851. The molecule has 0 amide bonds. The van der Waals surface area contributed by atoms with E-state index in [-0.39, 0.29) is 17.1 Å². The first kappa shape index (κ1) is 10.5. The first-order chi connectivity index (χ1) is 7.54. The molecular formula is C11H9FO4. The predicted octanol–water partition coefficient (Wildman–Crippen LogP) is 2.59. The zero-order valence-electron chi connectivity index (χ0n) is 8.70. The largest absolute Gasteiger partial charge is 0.490 e. The van der Waals surface area contributed by atoms with E-state index in [1.54, 1.807) is 6.92 Å². The van der Waals surface area contributed by atoms with Gasteiger partial charge in [0.15, 0.2) is 17.1 Å². The number of methoxy groups -OCH3 is 1. The van der Waals surface area contributed by atoms with E-state index in [4.69, 9.17) is 14.3 Å². The van der Waals surface area contributed by atoms with Gasteiger partial charge in [0, 0.05) is 5.39 Å². The molecule has 0 atom stereocenters. The number of benzene rings is 1. The van der Waals surface area contributed by atoms with E-state index in [9.17, 15) is 9.18 Å². The smallest absolute Gasteiger partial charge is 0.371 e. The van der Waals surface area contributed by atoms with Gasteiger partial charge in [-0.05, 0) is 24.6 Å². The van der Waals surface area contributed by atoms with Crippen molar-refractivity contribution in [3.63, 3.8) is 0 Å². The summed E-state index contributed by atoms with van der Waals surface area (Å²) in [6.45, 7) is 1.67. The maximum atomic E-state index is 13.5.